The molecule has 0 unspecified atom stereocenters. The first kappa shape index (κ1) is 14.3. The second-order valence-corrected chi connectivity index (χ2v) is 6.58. The number of rotatable bonds is 5. The van der Waals surface area contributed by atoms with Gasteiger partial charge in [-0.15, -0.1) is 0 Å². The van der Waals surface area contributed by atoms with E-state index in [1.807, 2.05) is 0 Å². The standard InChI is InChI=1S/C15H30N2O/c1-17(11-8-13-4-2-3-5-13)14-6-9-15(18,12-16)10-7-14/h13-14,18H,2-12,16H2,1H3. The molecule has 3 N–H and O–H groups in total. The molecule has 3 heteroatoms. The molecule has 2 rings (SSSR count). The fourth-order valence-corrected chi connectivity index (χ4v) is 3.65. The van der Waals surface area contributed by atoms with Crippen molar-refractivity contribution in [2.45, 2.75) is 69.4 Å². The van der Waals surface area contributed by atoms with Gasteiger partial charge in [-0.05, 0) is 51.6 Å². The Labute approximate surface area is 112 Å². The minimum atomic E-state index is -0.567. The smallest absolute Gasteiger partial charge is 0.0770 e. The van der Waals surface area contributed by atoms with Crippen LogP contribution in [-0.2, 0) is 0 Å². The molecule has 3 nitrogen and oxygen atoms in total. The lowest BCUT2D eigenvalue weighted by molar-refractivity contribution is -0.00989. The molecule has 18 heavy (non-hydrogen) atoms. The topological polar surface area (TPSA) is 49.5 Å². The predicted molar refractivity (Wildman–Crippen MR) is 75.5 cm³/mol. The lowest BCUT2D eigenvalue weighted by atomic mass is 9.81. The molecule has 0 bridgehead atoms. The second-order valence-electron chi connectivity index (χ2n) is 6.58. The average molecular weight is 254 g/mol. The molecule has 2 aliphatic carbocycles. The van der Waals surface area contributed by atoms with Gasteiger partial charge in [-0.1, -0.05) is 25.7 Å². The molecule has 0 aliphatic heterocycles. The first-order valence-electron chi connectivity index (χ1n) is 7.76. The lowest BCUT2D eigenvalue weighted by Crippen LogP contribution is -2.46. The molecule has 2 aliphatic rings. The Morgan fingerprint density at radius 3 is 2.33 bits per heavy atom. The first-order valence-corrected chi connectivity index (χ1v) is 7.76. The van der Waals surface area contributed by atoms with Crippen LogP contribution in [0.25, 0.3) is 0 Å². The van der Waals surface area contributed by atoms with Crippen LogP contribution in [0.4, 0.5) is 0 Å². The number of nitrogens with two attached hydrogens (primary N) is 1. The van der Waals surface area contributed by atoms with E-state index in [4.69, 9.17) is 5.73 Å². The molecule has 0 aromatic carbocycles. The number of aliphatic hydroxyl groups is 1. The molecule has 0 radical (unpaired) electrons. The summed E-state index contributed by atoms with van der Waals surface area (Å²) >= 11 is 0. The first-order chi connectivity index (χ1) is 8.63. The van der Waals surface area contributed by atoms with Gasteiger partial charge in [0.25, 0.3) is 0 Å². The summed E-state index contributed by atoms with van der Waals surface area (Å²) < 4.78 is 0. The van der Waals surface area contributed by atoms with Gasteiger partial charge in [-0.3, -0.25) is 0 Å². The highest BCUT2D eigenvalue weighted by molar-refractivity contribution is 4.89. The van der Waals surface area contributed by atoms with E-state index < -0.39 is 5.60 Å². The van der Waals surface area contributed by atoms with Crippen LogP contribution in [0.15, 0.2) is 0 Å². The van der Waals surface area contributed by atoms with Gasteiger partial charge >= 0.3 is 0 Å². The number of hydrogen-bond acceptors (Lipinski definition) is 3. The van der Waals surface area contributed by atoms with Gasteiger partial charge in [-0.2, -0.15) is 0 Å². The maximum absolute atomic E-state index is 10.1. The summed E-state index contributed by atoms with van der Waals surface area (Å²) in [6.45, 7) is 1.65. The molecule has 0 aromatic rings. The molecule has 0 spiro atoms. The van der Waals surface area contributed by atoms with Crippen molar-refractivity contribution in [1.82, 2.24) is 4.90 Å². The van der Waals surface area contributed by atoms with Crippen LogP contribution in [0.5, 0.6) is 0 Å². The van der Waals surface area contributed by atoms with Crippen LogP contribution in [-0.4, -0.2) is 41.8 Å². The summed E-state index contributed by atoms with van der Waals surface area (Å²) in [5.74, 6) is 0.983. The molecule has 2 fully saturated rings. The van der Waals surface area contributed by atoms with Gasteiger partial charge in [0.2, 0.25) is 0 Å². The largest absolute Gasteiger partial charge is 0.389 e. The van der Waals surface area contributed by atoms with Gasteiger partial charge in [0.05, 0.1) is 5.60 Å². The average Bonchev–Trinajstić information content (AvgIpc) is 2.90. The summed E-state index contributed by atoms with van der Waals surface area (Å²) in [6, 6.07) is 0.665. The quantitative estimate of drug-likeness (QED) is 0.790. The van der Waals surface area contributed by atoms with Crippen LogP contribution >= 0.6 is 0 Å². The van der Waals surface area contributed by atoms with Crippen molar-refractivity contribution < 1.29 is 5.11 Å². The second kappa shape index (κ2) is 6.36. The molecule has 0 aromatic heterocycles. The molecular weight excluding hydrogens is 224 g/mol. The summed E-state index contributed by atoms with van der Waals surface area (Å²) in [5.41, 5.74) is 5.07. The zero-order valence-corrected chi connectivity index (χ0v) is 11.9. The van der Waals surface area contributed by atoms with Crippen molar-refractivity contribution in [3.63, 3.8) is 0 Å². The maximum atomic E-state index is 10.1. The van der Waals surface area contributed by atoms with Crippen LogP contribution in [0.3, 0.4) is 0 Å². The number of nitrogens with zero attached hydrogens (tertiary/aromatic N) is 1. The SMILES string of the molecule is CN(CCC1CCCC1)C1CCC(O)(CN)CC1. The van der Waals surface area contributed by atoms with Gasteiger partial charge in [0.15, 0.2) is 0 Å². The zero-order valence-electron chi connectivity index (χ0n) is 11.9. The lowest BCUT2D eigenvalue weighted by Gasteiger charge is -2.39. The van der Waals surface area contributed by atoms with E-state index in [-0.39, 0.29) is 0 Å². The van der Waals surface area contributed by atoms with Crippen molar-refractivity contribution in [1.29, 1.82) is 0 Å². The van der Waals surface area contributed by atoms with Gasteiger partial charge in [0, 0.05) is 12.6 Å². The van der Waals surface area contributed by atoms with E-state index in [0.717, 1.165) is 31.6 Å². The van der Waals surface area contributed by atoms with Crippen molar-refractivity contribution >= 4 is 0 Å². The summed E-state index contributed by atoms with van der Waals surface area (Å²) in [4.78, 5) is 2.52. The van der Waals surface area contributed by atoms with Gasteiger partial charge < -0.3 is 15.7 Å². The molecule has 0 amide bonds. The molecular formula is C15H30N2O. The fourth-order valence-electron chi connectivity index (χ4n) is 3.65. The third-order valence-corrected chi connectivity index (χ3v) is 5.25. The zero-order chi connectivity index (χ0) is 13.0. The van der Waals surface area contributed by atoms with Crippen molar-refractivity contribution in [3.8, 4) is 0 Å². The fraction of sp³-hybridized carbons (Fsp3) is 1.00. The van der Waals surface area contributed by atoms with Crippen LogP contribution in [0, 0.1) is 5.92 Å². The van der Waals surface area contributed by atoms with E-state index in [1.54, 1.807) is 0 Å². The predicted octanol–water partition coefficient (Wildman–Crippen LogP) is 2.13. The monoisotopic (exact) mass is 254 g/mol. The molecule has 0 atom stereocenters. The van der Waals surface area contributed by atoms with Crippen molar-refractivity contribution in [2.24, 2.45) is 11.7 Å². The van der Waals surface area contributed by atoms with E-state index in [9.17, 15) is 5.11 Å². The Balaban J connectivity index is 1.68. The minimum absolute atomic E-state index is 0.422. The summed E-state index contributed by atoms with van der Waals surface area (Å²) in [5, 5.41) is 10.1. The molecule has 2 saturated carbocycles. The Kier molecular flexibility index (Phi) is 5.05. The number of hydrogen-bond donors (Lipinski definition) is 2. The van der Waals surface area contributed by atoms with Crippen LogP contribution in [0.2, 0.25) is 0 Å². The third-order valence-electron chi connectivity index (χ3n) is 5.25. The Morgan fingerprint density at radius 2 is 1.78 bits per heavy atom. The highest BCUT2D eigenvalue weighted by Gasteiger charge is 2.33. The molecule has 0 saturated heterocycles. The summed E-state index contributed by atoms with van der Waals surface area (Å²) in [6.07, 6.45) is 11.1. The van der Waals surface area contributed by atoms with E-state index in [0.29, 0.717) is 12.6 Å². The van der Waals surface area contributed by atoms with E-state index in [1.165, 1.54) is 38.6 Å². The van der Waals surface area contributed by atoms with E-state index in [2.05, 4.69) is 11.9 Å². The highest BCUT2D eigenvalue weighted by atomic mass is 16.3. The minimum Gasteiger partial charge on any atom is -0.389 e. The Bertz CT molecular complexity index is 243. The normalized spacial score (nSPS) is 34.3. The third kappa shape index (κ3) is 3.69. The van der Waals surface area contributed by atoms with Gasteiger partial charge in [-0.25, -0.2) is 0 Å². The van der Waals surface area contributed by atoms with Crippen molar-refractivity contribution in [3.05, 3.63) is 0 Å². The van der Waals surface area contributed by atoms with E-state index >= 15 is 0 Å². The molecule has 106 valence electrons. The van der Waals surface area contributed by atoms with Crippen LogP contribution < -0.4 is 5.73 Å². The van der Waals surface area contributed by atoms with Crippen LogP contribution in [0.1, 0.15) is 57.8 Å². The summed E-state index contributed by atoms with van der Waals surface area (Å²) in [7, 11) is 2.26. The highest BCUT2D eigenvalue weighted by Crippen LogP contribution is 2.31. The molecule has 0 heterocycles. The Hall–Kier alpha value is -0.120. The van der Waals surface area contributed by atoms with Crippen molar-refractivity contribution in [2.75, 3.05) is 20.1 Å². The Morgan fingerprint density at radius 1 is 1.17 bits per heavy atom. The maximum Gasteiger partial charge on any atom is 0.0770 e. The van der Waals surface area contributed by atoms with Gasteiger partial charge in [0.1, 0.15) is 0 Å².